The standard InChI is InChI=1S/C18H22N2O/c1-3-4-10-18(21)19-15-11-13-17(14-12-15)20(2)16-8-6-5-7-9-16/h5-9,11-14H,3-4,10H2,1-2H3,(H,19,21). The molecule has 0 aromatic heterocycles. The second kappa shape index (κ2) is 7.48. The minimum Gasteiger partial charge on any atom is -0.345 e. The predicted octanol–water partition coefficient (Wildman–Crippen LogP) is 4.58. The third-order valence-electron chi connectivity index (χ3n) is 3.44. The van der Waals surface area contributed by atoms with Gasteiger partial charge in [-0.05, 0) is 42.8 Å². The maximum absolute atomic E-state index is 11.7. The fourth-order valence-electron chi connectivity index (χ4n) is 2.13. The van der Waals surface area contributed by atoms with Crippen molar-refractivity contribution < 1.29 is 4.79 Å². The Balaban J connectivity index is 2.00. The largest absolute Gasteiger partial charge is 0.345 e. The van der Waals surface area contributed by atoms with Crippen LogP contribution in [0.1, 0.15) is 26.2 Å². The van der Waals surface area contributed by atoms with Gasteiger partial charge in [-0.25, -0.2) is 0 Å². The van der Waals surface area contributed by atoms with Crippen molar-refractivity contribution in [3.8, 4) is 0 Å². The highest BCUT2D eigenvalue weighted by Crippen LogP contribution is 2.24. The molecule has 2 aromatic carbocycles. The molecule has 3 nitrogen and oxygen atoms in total. The van der Waals surface area contributed by atoms with E-state index in [1.165, 1.54) is 0 Å². The molecule has 2 rings (SSSR count). The molecule has 0 radical (unpaired) electrons. The number of carbonyl (C=O) groups excluding carboxylic acids is 1. The zero-order valence-corrected chi connectivity index (χ0v) is 12.7. The number of rotatable bonds is 6. The molecule has 0 aliphatic carbocycles. The second-order valence-electron chi connectivity index (χ2n) is 5.09. The lowest BCUT2D eigenvalue weighted by molar-refractivity contribution is -0.116. The van der Waals surface area contributed by atoms with E-state index in [9.17, 15) is 4.79 Å². The summed E-state index contributed by atoms with van der Waals surface area (Å²) >= 11 is 0. The molecule has 1 N–H and O–H groups in total. The molecule has 0 saturated carbocycles. The van der Waals surface area contributed by atoms with Crippen molar-refractivity contribution in [1.29, 1.82) is 0 Å². The average molecular weight is 282 g/mol. The Morgan fingerprint density at radius 3 is 2.24 bits per heavy atom. The number of anilines is 3. The van der Waals surface area contributed by atoms with Gasteiger partial charge in [0.05, 0.1) is 0 Å². The number of hydrogen-bond acceptors (Lipinski definition) is 2. The van der Waals surface area contributed by atoms with Crippen LogP contribution in [-0.2, 0) is 4.79 Å². The van der Waals surface area contributed by atoms with Crippen LogP contribution in [0.4, 0.5) is 17.1 Å². The lowest BCUT2D eigenvalue weighted by atomic mass is 10.2. The first kappa shape index (κ1) is 15.1. The van der Waals surface area contributed by atoms with Gasteiger partial charge in [-0.15, -0.1) is 0 Å². The first-order chi connectivity index (χ1) is 10.2. The number of hydrogen-bond donors (Lipinski definition) is 1. The van der Waals surface area contributed by atoms with E-state index in [0.29, 0.717) is 6.42 Å². The number of nitrogens with zero attached hydrogens (tertiary/aromatic N) is 1. The van der Waals surface area contributed by atoms with Crippen LogP contribution in [0, 0.1) is 0 Å². The second-order valence-corrected chi connectivity index (χ2v) is 5.09. The Morgan fingerprint density at radius 2 is 1.62 bits per heavy atom. The highest BCUT2D eigenvalue weighted by molar-refractivity contribution is 5.90. The van der Waals surface area contributed by atoms with Crippen molar-refractivity contribution in [3.63, 3.8) is 0 Å². The minimum atomic E-state index is 0.0843. The van der Waals surface area contributed by atoms with Gasteiger partial charge in [-0.2, -0.15) is 0 Å². The van der Waals surface area contributed by atoms with E-state index in [2.05, 4.69) is 29.3 Å². The maximum atomic E-state index is 11.7. The zero-order chi connectivity index (χ0) is 15.1. The summed E-state index contributed by atoms with van der Waals surface area (Å²) in [5.41, 5.74) is 3.08. The molecule has 0 aliphatic heterocycles. The molecule has 0 bridgehead atoms. The van der Waals surface area contributed by atoms with Crippen molar-refractivity contribution in [3.05, 3.63) is 54.6 Å². The molecule has 0 unspecified atom stereocenters. The zero-order valence-electron chi connectivity index (χ0n) is 12.7. The molecule has 0 aliphatic rings. The predicted molar refractivity (Wildman–Crippen MR) is 89.1 cm³/mol. The molecule has 0 fully saturated rings. The molecule has 0 atom stereocenters. The van der Waals surface area contributed by atoms with E-state index in [0.717, 1.165) is 29.9 Å². The highest BCUT2D eigenvalue weighted by Gasteiger charge is 2.05. The third-order valence-corrected chi connectivity index (χ3v) is 3.44. The summed E-state index contributed by atoms with van der Waals surface area (Å²) in [7, 11) is 2.03. The van der Waals surface area contributed by atoms with E-state index in [-0.39, 0.29) is 5.91 Å². The number of unbranched alkanes of at least 4 members (excludes halogenated alkanes) is 1. The van der Waals surface area contributed by atoms with Gasteiger partial charge in [0.2, 0.25) is 5.91 Å². The summed E-state index contributed by atoms with van der Waals surface area (Å²) in [6.45, 7) is 2.08. The number of carbonyl (C=O) groups is 1. The summed E-state index contributed by atoms with van der Waals surface area (Å²) in [6, 6.07) is 18.1. The van der Waals surface area contributed by atoms with E-state index in [1.54, 1.807) is 0 Å². The fraction of sp³-hybridized carbons (Fsp3) is 0.278. The Labute approximate surface area is 126 Å². The van der Waals surface area contributed by atoms with Crippen LogP contribution in [0.2, 0.25) is 0 Å². The summed E-state index contributed by atoms with van der Waals surface area (Å²) in [4.78, 5) is 13.8. The third kappa shape index (κ3) is 4.35. The Hall–Kier alpha value is -2.29. The number of benzene rings is 2. The van der Waals surface area contributed by atoms with Gasteiger partial charge < -0.3 is 10.2 Å². The van der Waals surface area contributed by atoms with Crippen LogP contribution in [-0.4, -0.2) is 13.0 Å². The number of para-hydroxylation sites is 1. The molecular weight excluding hydrogens is 260 g/mol. The topological polar surface area (TPSA) is 32.3 Å². The Kier molecular flexibility index (Phi) is 5.38. The molecule has 1 amide bonds. The van der Waals surface area contributed by atoms with Gasteiger partial charge in [0.15, 0.2) is 0 Å². The van der Waals surface area contributed by atoms with Gasteiger partial charge in [0.25, 0.3) is 0 Å². The average Bonchev–Trinajstić information content (AvgIpc) is 2.54. The van der Waals surface area contributed by atoms with E-state index in [4.69, 9.17) is 0 Å². The van der Waals surface area contributed by atoms with Crippen LogP contribution in [0.25, 0.3) is 0 Å². The van der Waals surface area contributed by atoms with Crippen molar-refractivity contribution in [2.75, 3.05) is 17.3 Å². The van der Waals surface area contributed by atoms with Crippen molar-refractivity contribution in [2.24, 2.45) is 0 Å². The summed E-state index contributed by atoms with van der Waals surface area (Å²) in [6.07, 6.45) is 2.55. The van der Waals surface area contributed by atoms with E-state index >= 15 is 0 Å². The van der Waals surface area contributed by atoms with Crippen molar-refractivity contribution in [2.45, 2.75) is 26.2 Å². The smallest absolute Gasteiger partial charge is 0.224 e. The van der Waals surface area contributed by atoms with E-state index in [1.807, 2.05) is 49.5 Å². The Morgan fingerprint density at radius 1 is 1.00 bits per heavy atom. The monoisotopic (exact) mass is 282 g/mol. The molecule has 0 heterocycles. The van der Waals surface area contributed by atoms with Crippen LogP contribution in [0.5, 0.6) is 0 Å². The van der Waals surface area contributed by atoms with Gasteiger partial charge in [-0.3, -0.25) is 4.79 Å². The molecular formula is C18H22N2O. The van der Waals surface area contributed by atoms with Crippen LogP contribution in [0.3, 0.4) is 0 Å². The summed E-state index contributed by atoms with van der Waals surface area (Å²) in [5.74, 6) is 0.0843. The summed E-state index contributed by atoms with van der Waals surface area (Å²) < 4.78 is 0. The van der Waals surface area contributed by atoms with Gasteiger partial charge in [-0.1, -0.05) is 31.5 Å². The molecule has 0 saturated heterocycles. The van der Waals surface area contributed by atoms with Gasteiger partial charge in [0, 0.05) is 30.5 Å². The maximum Gasteiger partial charge on any atom is 0.224 e. The molecule has 0 spiro atoms. The molecule has 3 heteroatoms. The van der Waals surface area contributed by atoms with Crippen LogP contribution < -0.4 is 10.2 Å². The van der Waals surface area contributed by atoms with Gasteiger partial charge in [0.1, 0.15) is 0 Å². The normalized spacial score (nSPS) is 10.2. The first-order valence-corrected chi connectivity index (χ1v) is 7.39. The lowest BCUT2D eigenvalue weighted by Gasteiger charge is -2.19. The quantitative estimate of drug-likeness (QED) is 0.841. The highest BCUT2D eigenvalue weighted by atomic mass is 16.1. The SMILES string of the molecule is CCCCC(=O)Nc1ccc(N(C)c2ccccc2)cc1. The number of nitrogens with one attached hydrogen (secondary N) is 1. The summed E-state index contributed by atoms with van der Waals surface area (Å²) in [5, 5.41) is 2.93. The fourth-order valence-corrected chi connectivity index (χ4v) is 2.13. The first-order valence-electron chi connectivity index (χ1n) is 7.39. The lowest BCUT2D eigenvalue weighted by Crippen LogP contribution is -2.12. The van der Waals surface area contributed by atoms with Crippen LogP contribution >= 0.6 is 0 Å². The van der Waals surface area contributed by atoms with Crippen LogP contribution in [0.15, 0.2) is 54.6 Å². The Bertz CT molecular complexity index is 564. The molecule has 2 aromatic rings. The van der Waals surface area contributed by atoms with Gasteiger partial charge >= 0.3 is 0 Å². The van der Waals surface area contributed by atoms with Crippen molar-refractivity contribution in [1.82, 2.24) is 0 Å². The molecule has 110 valence electrons. The van der Waals surface area contributed by atoms with Crippen molar-refractivity contribution >= 4 is 23.0 Å². The molecule has 21 heavy (non-hydrogen) atoms. The van der Waals surface area contributed by atoms with E-state index < -0.39 is 0 Å². The number of amides is 1. The minimum absolute atomic E-state index is 0.0843.